The van der Waals surface area contributed by atoms with E-state index >= 15 is 0 Å². The molecule has 0 radical (unpaired) electrons. The Labute approximate surface area is 191 Å². The Kier molecular flexibility index (Phi) is 7.79. The Balaban J connectivity index is 1.97. The van der Waals surface area contributed by atoms with Crippen molar-refractivity contribution >= 4 is 33.2 Å². The molecular formula is C22H35N5O4S. The van der Waals surface area contributed by atoms with Crippen LogP contribution in [-0.2, 0) is 19.6 Å². The number of benzene rings is 1. The zero-order valence-electron chi connectivity index (χ0n) is 19.5. The third-order valence-corrected chi connectivity index (χ3v) is 8.17. The number of amides is 2. The summed E-state index contributed by atoms with van der Waals surface area (Å²) >= 11 is 0. The highest BCUT2D eigenvalue weighted by atomic mass is 32.2. The highest BCUT2D eigenvalue weighted by Crippen LogP contribution is 2.40. The molecule has 1 N–H and O–H groups in total. The zero-order chi connectivity index (χ0) is 23.5. The molecule has 2 amide bonds. The van der Waals surface area contributed by atoms with Gasteiger partial charge in [-0.2, -0.15) is 4.31 Å². The number of anilines is 2. The summed E-state index contributed by atoms with van der Waals surface area (Å²) in [6.45, 7) is 6.11. The maximum atomic E-state index is 13.4. The van der Waals surface area contributed by atoms with Gasteiger partial charge in [0.15, 0.2) is 0 Å². The normalized spacial score (nSPS) is 18.7. The number of hydrogen-bond acceptors (Lipinski definition) is 6. The molecule has 2 aliphatic rings. The minimum Gasteiger partial charge on any atom is -0.358 e. The Bertz CT molecular complexity index is 946. The summed E-state index contributed by atoms with van der Waals surface area (Å²) in [5.74, 6) is -0.398. The predicted octanol–water partition coefficient (Wildman–Crippen LogP) is 1.10. The van der Waals surface area contributed by atoms with Gasteiger partial charge in [0.1, 0.15) is 12.6 Å². The van der Waals surface area contributed by atoms with Gasteiger partial charge in [-0.15, -0.1) is 0 Å². The number of hydrogen-bond donors (Lipinski definition) is 1. The molecular weight excluding hydrogens is 430 g/mol. The van der Waals surface area contributed by atoms with Gasteiger partial charge in [0, 0.05) is 32.7 Å². The fourth-order valence-corrected chi connectivity index (χ4v) is 5.87. The molecule has 1 atom stereocenters. The predicted molar refractivity (Wildman–Crippen MR) is 125 cm³/mol. The lowest BCUT2D eigenvalue weighted by atomic mass is 9.96. The molecule has 1 fully saturated rings. The fraction of sp³-hybridized carbons (Fsp3) is 0.636. The molecule has 2 heterocycles. The lowest BCUT2D eigenvalue weighted by molar-refractivity contribution is -0.125. The van der Waals surface area contributed by atoms with Crippen LogP contribution < -0.4 is 15.1 Å². The number of likely N-dealkylation sites (N-methyl/N-ethyl adjacent to an activating group) is 1. The molecule has 32 heavy (non-hydrogen) atoms. The van der Waals surface area contributed by atoms with Gasteiger partial charge in [0.2, 0.25) is 21.8 Å². The third kappa shape index (κ3) is 4.92. The van der Waals surface area contributed by atoms with Gasteiger partial charge in [-0.1, -0.05) is 13.8 Å². The van der Waals surface area contributed by atoms with Crippen molar-refractivity contribution in [2.24, 2.45) is 0 Å². The first kappa shape index (κ1) is 24.5. The molecule has 0 aromatic heterocycles. The van der Waals surface area contributed by atoms with Gasteiger partial charge in [-0.05, 0) is 51.6 Å². The van der Waals surface area contributed by atoms with Gasteiger partial charge in [0.25, 0.3) is 0 Å². The number of nitrogens with one attached hydrogen (secondary N) is 1. The first-order valence-corrected chi connectivity index (χ1v) is 12.8. The first-order chi connectivity index (χ1) is 15.2. The van der Waals surface area contributed by atoms with E-state index in [1.807, 2.05) is 19.0 Å². The van der Waals surface area contributed by atoms with Gasteiger partial charge in [-0.3, -0.25) is 14.5 Å². The standard InChI is InChI=1S/C22H35N5O4S/c1-5-25(6-2)32(30,31)17-10-11-18-20(15-17)27(16-21(28)23-12-14-24(3)4)22(29)19-9-7-8-13-26(18)19/h10-11,15,19H,5-9,12-14,16H2,1-4H3,(H,23,28). The van der Waals surface area contributed by atoms with Gasteiger partial charge in [0.05, 0.1) is 16.3 Å². The lowest BCUT2D eigenvalue weighted by Gasteiger charge is -2.45. The van der Waals surface area contributed by atoms with E-state index < -0.39 is 10.0 Å². The molecule has 1 aromatic rings. The van der Waals surface area contributed by atoms with Crippen LogP contribution in [0.4, 0.5) is 11.4 Å². The Morgan fingerprint density at radius 3 is 2.53 bits per heavy atom. The Morgan fingerprint density at radius 2 is 1.88 bits per heavy atom. The highest BCUT2D eigenvalue weighted by Gasteiger charge is 2.40. The summed E-state index contributed by atoms with van der Waals surface area (Å²) in [6.07, 6.45) is 2.67. The summed E-state index contributed by atoms with van der Waals surface area (Å²) in [7, 11) is 0.159. The average molecular weight is 466 g/mol. The number of carbonyl (C=O) groups is 2. The van der Waals surface area contributed by atoms with Crippen molar-refractivity contribution < 1.29 is 18.0 Å². The van der Waals surface area contributed by atoms with Crippen molar-refractivity contribution in [1.82, 2.24) is 14.5 Å². The SMILES string of the molecule is CCN(CC)S(=O)(=O)c1ccc2c(c1)N(CC(=O)NCCN(C)C)C(=O)C1CCCCN21. The molecule has 0 aliphatic carbocycles. The molecule has 0 spiro atoms. The summed E-state index contributed by atoms with van der Waals surface area (Å²) < 4.78 is 27.6. The van der Waals surface area contributed by atoms with E-state index in [-0.39, 0.29) is 29.3 Å². The average Bonchev–Trinajstić information content (AvgIpc) is 2.76. The van der Waals surface area contributed by atoms with E-state index in [2.05, 4.69) is 10.2 Å². The maximum Gasteiger partial charge on any atom is 0.250 e. The topological polar surface area (TPSA) is 93.3 Å². The van der Waals surface area contributed by atoms with Crippen LogP contribution in [0, 0.1) is 0 Å². The van der Waals surface area contributed by atoms with Crippen molar-refractivity contribution in [3.05, 3.63) is 18.2 Å². The molecule has 0 bridgehead atoms. The largest absolute Gasteiger partial charge is 0.358 e. The van der Waals surface area contributed by atoms with Crippen LogP contribution in [0.15, 0.2) is 23.1 Å². The lowest BCUT2D eigenvalue weighted by Crippen LogP contribution is -2.57. The van der Waals surface area contributed by atoms with E-state index in [1.165, 1.54) is 9.21 Å². The van der Waals surface area contributed by atoms with E-state index in [0.717, 1.165) is 31.5 Å². The first-order valence-electron chi connectivity index (χ1n) is 11.3. The van der Waals surface area contributed by atoms with Gasteiger partial charge in [-0.25, -0.2) is 8.42 Å². The smallest absolute Gasteiger partial charge is 0.250 e. The number of piperidine rings is 1. The molecule has 0 saturated carbocycles. The minimum absolute atomic E-state index is 0.127. The fourth-order valence-electron chi connectivity index (χ4n) is 4.39. The Morgan fingerprint density at radius 1 is 1.16 bits per heavy atom. The van der Waals surface area contributed by atoms with E-state index in [0.29, 0.717) is 31.9 Å². The summed E-state index contributed by atoms with van der Waals surface area (Å²) in [6, 6.07) is 4.64. The van der Waals surface area contributed by atoms with Crippen LogP contribution in [0.2, 0.25) is 0 Å². The van der Waals surface area contributed by atoms with Crippen molar-refractivity contribution in [2.75, 3.05) is 63.2 Å². The molecule has 1 saturated heterocycles. The van der Waals surface area contributed by atoms with E-state index in [1.54, 1.807) is 32.0 Å². The quantitative estimate of drug-likeness (QED) is 0.587. The molecule has 10 heteroatoms. The minimum atomic E-state index is -3.69. The van der Waals surface area contributed by atoms with Gasteiger partial charge < -0.3 is 15.1 Å². The van der Waals surface area contributed by atoms with E-state index in [4.69, 9.17) is 0 Å². The van der Waals surface area contributed by atoms with Gasteiger partial charge >= 0.3 is 0 Å². The molecule has 1 aromatic carbocycles. The third-order valence-electron chi connectivity index (χ3n) is 6.13. The van der Waals surface area contributed by atoms with Crippen molar-refractivity contribution in [3.63, 3.8) is 0 Å². The van der Waals surface area contributed by atoms with Crippen molar-refractivity contribution in [1.29, 1.82) is 0 Å². The number of nitrogens with zero attached hydrogens (tertiary/aromatic N) is 4. The van der Waals surface area contributed by atoms with Crippen LogP contribution in [0.1, 0.15) is 33.1 Å². The second-order valence-corrected chi connectivity index (χ2v) is 10.5. The Hall–Kier alpha value is -2.17. The summed E-state index contributed by atoms with van der Waals surface area (Å²) in [5.41, 5.74) is 1.30. The van der Waals surface area contributed by atoms with Crippen LogP contribution in [-0.4, -0.2) is 88.8 Å². The van der Waals surface area contributed by atoms with Crippen molar-refractivity contribution in [3.8, 4) is 0 Å². The monoisotopic (exact) mass is 465 g/mol. The number of rotatable bonds is 9. The van der Waals surface area contributed by atoms with Crippen LogP contribution in [0.3, 0.4) is 0 Å². The van der Waals surface area contributed by atoms with Crippen LogP contribution in [0.25, 0.3) is 0 Å². The molecule has 9 nitrogen and oxygen atoms in total. The maximum absolute atomic E-state index is 13.4. The number of carbonyl (C=O) groups excluding carboxylic acids is 2. The number of fused-ring (bicyclic) bond motifs is 3. The molecule has 178 valence electrons. The van der Waals surface area contributed by atoms with Crippen molar-refractivity contribution in [2.45, 2.75) is 44.0 Å². The molecule has 3 rings (SSSR count). The molecule has 2 aliphatic heterocycles. The second-order valence-electron chi connectivity index (χ2n) is 8.52. The molecule has 1 unspecified atom stereocenters. The van der Waals surface area contributed by atoms with Crippen LogP contribution >= 0.6 is 0 Å². The summed E-state index contributed by atoms with van der Waals surface area (Å²) in [5, 5.41) is 2.85. The van der Waals surface area contributed by atoms with Crippen LogP contribution in [0.5, 0.6) is 0 Å². The summed E-state index contributed by atoms with van der Waals surface area (Å²) in [4.78, 5) is 31.6. The number of sulfonamides is 1. The second kappa shape index (κ2) is 10.2. The zero-order valence-corrected chi connectivity index (χ0v) is 20.3. The highest BCUT2D eigenvalue weighted by molar-refractivity contribution is 7.89. The van der Waals surface area contributed by atoms with E-state index in [9.17, 15) is 18.0 Å².